The van der Waals surface area contributed by atoms with E-state index in [0.29, 0.717) is 5.92 Å². The van der Waals surface area contributed by atoms with Gasteiger partial charge in [0.15, 0.2) is 0 Å². The topological polar surface area (TPSA) is 43.1 Å². The van der Waals surface area contributed by atoms with Gasteiger partial charge in [-0.05, 0) is 24.5 Å². The van der Waals surface area contributed by atoms with Crippen molar-refractivity contribution in [3.8, 4) is 0 Å². The third kappa shape index (κ3) is 2.42. The number of nitrogens with two attached hydrogens (primary N) is 1. The van der Waals surface area contributed by atoms with E-state index in [0.717, 1.165) is 18.4 Å². The molecule has 1 rings (SSSR count). The van der Waals surface area contributed by atoms with Crippen molar-refractivity contribution in [1.82, 2.24) is 0 Å². The minimum absolute atomic E-state index is 0.340. The highest BCUT2D eigenvalue weighted by Gasteiger charge is 2.01. The molecule has 0 heterocycles. The van der Waals surface area contributed by atoms with E-state index in [2.05, 4.69) is 0 Å². The monoisotopic (exact) mass is 149 g/mol. The molecule has 0 fully saturated rings. The van der Waals surface area contributed by atoms with Gasteiger partial charge in [0, 0.05) is 5.70 Å². The molecule has 0 aromatic rings. The smallest absolute Gasteiger partial charge is 0.142 e. The second kappa shape index (κ2) is 3.76. The lowest BCUT2D eigenvalue weighted by atomic mass is 9.99. The zero-order valence-electron chi connectivity index (χ0n) is 6.23. The standard InChI is InChI=1S/C9H11NO/c10-9-5-3-8(4-6-9)2-1-7-11/h1-3,5-8H,4,10H2. The Morgan fingerprint density at radius 1 is 1.64 bits per heavy atom. The molecule has 2 N–H and O–H groups in total. The molecule has 0 saturated carbocycles. The van der Waals surface area contributed by atoms with E-state index in [9.17, 15) is 4.79 Å². The van der Waals surface area contributed by atoms with E-state index in [1.165, 1.54) is 6.08 Å². The fourth-order valence-electron chi connectivity index (χ4n) is 0.984. The van der Waals surface area contributed by atoms with Crippen LogP contribution in [-0.4, -0.2) is 6.29 Å². The van der Waals surface area contributed by atoms with Crippen molar-refractivity contribution in [3.05, 3.63) is 36.1 Å². The average molecular weight is 149 g/mol. The van der Waals surface area contributed by atoms with Crippen molar-refractivity contribution in [1.29, 1.82) is 0 Å². The molecule has 0 aromatic heterocycles. The van der Waals surface area contributed by atoms with Gasteiger partial charge in [0.25, 0.3) is 0 Å². The van der Waals surface area contributed by atoms with Gasteiger partial charge in [-0.2, -0.15) is 0 Å². The number of carbonyl (C=O) groups excluding carboxylic acids is 1. The number of carbonyl (C=O) groups is 1. The first-order valence-corrected chi connectivity index (χ1v) is 3.58. The van der Waals surface area contributed by atoms with Crippen LogP contribution in [0.15, 0.2) is 36.1 Å². The van der Waals surface area contributed by atoms with Crippen LogP contribution in [-0.2, 0) is 4.79 Å². The fourth-order valence-corrected chi connectivity index (χ4v) is 0.984. The maximum Gasteiger partial charge on any atom is 0.142 e. The Balaban J connectivity index is 2.49. The van der Waals surface area contributed by atoms with Crippen molar-refractivity contribution in [3.63, 3.8) is 0 Å². The van der Waals surface area contributed by atoms with Gasteiger partial charge in [0.1, 0.15) is 6.29 Å². The average Bonchev–Trinajstić information content (AvgIpc) is 2.04. The van der Waals surface area contributed by atoms with Crippen molar-refractivity contribution in [2.24, 2.45) is 11.7 Å². The number of rotatable bonds is 2. The highest BCUT2D eigenvalue weighted by Crippen LogP contribution is 2.14. The molecule has 58 valence electrons. The van der Waals surface area contributed by atoms with Gasteiger partial charge in [0.05, 0.1) is 0 Å². The number of allylic oxidation sites excluding steroid dienone is 5. The molecule has 11 heavy (non-hydrogen) atoms. The highest BCUT2D eigenvalue weighted by atomic mass is 16.1. The van der Waals surface area contributed by atoms with Crippen molar-refractivity contribution in [2.45, 2.75) is 6.42 Å². The van der Waals surface area contributed by atoms with Crippen molar-refractivity contribution < 1.29 is 4.79 Å². The molecule has 0 saturated heterocycles. The Morgan fingerprint density at radius 3 is 3.00 bits per heavy atom. The Hall–Kier alpha value is -1.31. The second-order valence-corrected chi connectivity index (χ2v) is 2.48. The maximum absolute atomic E-state index is 9.96. The zero-order chi connectivity index (χ0) is 8.10. The van der Waals surface area contributed by atoms with Crippen LogP contribution >= 0.6 is 0 Å². The lowest BCUT2D eigenvalue weighted by Gasteiger charge is -2.08. The Kier molecular flexibility index (Phi) is 2.66. The molecule has 0 amide bonds. The summed E-state index contributed by atoms with van der Waals surface area (Å²) >= 11 is 0. The molecule has 0 bridgehead atoms. The third-order valence-electron chi connectivity index (χ3n) is 1.60. The molecule has 0 radical (unpaired) electrons. The van der Waals surface area contributed by atoms with Gasteiger partial charge < -0.3 is 5.73 Å². The maximum atomic E-state index is 9.96. The van der Waals surface area contributed by atoms with E-state index in [-0.39, 0.29) is 0 Å². The van der Waals surface area contributed by atoms with Crippen LogP contribution in [0.2, 0.25) is 0 Å². The van der Waals surface area contributed by atoms with Crippen LogP contribution in [0.25, 0.3) is 0 Å². The van der Waals surface area contributed by atoms with E-state index in [1.54, 1.807) is 0 Å². The second-order valence-electron chi connectivity index (χ2n) is 2.48. The first-order valence-electron chi connectivity index (χ1n) is 3.58. The van der Waals surface area contributed by atoms with E-state index < -0.39 is 0 Å². The van der Waals surface area contributed by atoms with Gasteiger partial charge in [-0.25, -0.2) is 0 Å². The van der Waals surface area contributed by atoms with Gasteiger partial charge in [-0.15, -0.1) is 0 Å². The number of hydrogen-bond donors (Lipinski definition) is 1. The van der Waals surface area contributed by atoms with Crippen LogP contribution < -0.4 is 5.73 Å². The summed E-state index contributed by atoms with van der Waals surface area (Å²) in [7, 11) is 0. The summed E-state index contributed by atoms with van der Waals surface area (Å²) < 4.78 is 0. The SMILES string of the molecule is NC1=CCC(C=CC=O)C=C1. The number of hydrogen-bond acceptors (Lipinski definition) is 2. The van der Waals surface area contributed by atoms with E-state index in [4.69, 9.17) is 5.73 Å². The van der Waals surface area contributed by atoms with Crippen LogP contribution in [0.5, 0.6) is 0 Å². The molecule has 0 spiro atoms. The molecule has 1 unspecified atom stereocenters. The Labute approximate surface area is 66.1 Å². The molecular weight excluding hydrogens is 138 g/mol. The third-order valence-corrected chi connectivity index (χ3v) is 1.60. The van der Waals surface area contributed by atoms with Gasteiger partial charge >= 0.3 is 0 Å². The summed E-state index contributed by atoms with van der Waals surface area (Å²) in [5.41, 5.74) is 6.31. The fraction of sp³-hybridized carbons (Fsp3) is 0.222. The molecule has 1 aliphatic carbocycles. The lowest BCUT2D eigenvalue weighted by molar-refractivity contribution is -0.104. The summed E-state index contributed by atoms with van der Waals surface area (Å²) in [6.45, 7) is 0. The van der Waals surface area contributed by atoms with Crippen molar-refractivity contribution in [2.75, 3.05) is 0 Å². The molecular formula is C9H11NO. The normalized spacial score (nSPS) is 23.6. The molecule has 0 aliphatic heterocycles. The summed E-state index contributed by atoms with van der Waals surface area (Å²) in [6, 6.07) is 0. The molecule has 0 aromatic carbocycles. The first kappa shape index (κ1) is 7.79. The predicted molar refractivity (Wildman–Crippen MR) is 44.7 cm³/mol. The lowest BCUT2D eigenvalue weighted by Crippen LogP contribution is -2.01. The first-order chi connectivity index (χ1) is 5.33. The summed E-state index contributed by atoms with van der Waals surface area (Å²) in [4.78, 5) is 9.96. The highest BCUT2D eigenvalue weighted by molar-refractivity contribution is 5.64. The van der Waals surface area contributed by atoms with Gasteiger partial charge in [-0.3, -0.25) is 4.79 Å². The van der Waals surface area contributed by atoms with Crippen molar-refractivity contribution >= 4 is 6.29 Å². The summed E-state index contributed by atoms with van der Waals surface area (Å²) in [5, 5.41) is 0. The quantitative estimate of drug-likeness (QED) is 0.473. The van der Waals surface area contributed by atoms with E-state index in [1.807, 2.05) is 24.3 Å². The molecule has 2 nitrogen and oxygen atoms in total. The summed E-state index contributed by atoms with van der Waals surface area (Å²) in [5.74, 6) is 0.340. The predicted octanol–water partition coefficient (Wildman–Crippen LogP) is 1.16. The van der Waals surface area contributed by atoms with Crippen LogP contribution in [0.1, 0.15) is 6.42 Å². The Morgan fingerprint density at radius 2 is 2.45 bits per heavy atom. The summed E-state index contributed by atoms with van der Waals surface area (Å²) in [6.07, 6.45) is 10.9. The number of aldehydes is 1. The zero-order valence-corrected chi connectivity index (χ0v) is 6.23. The van der Waals surface area contributed by atoms with Crippen LogP contribution in [0.4, 0.5) is 0 Å². The van der Waals surface area contributed by atoms with Gasteiger partial charge in [-0.1, -0.05) is 18.2 Å². The molecule has 2 heteroatoms. The molecule has 1 aliphatic rings. The minimum atomic E-state index is 0.340. The van der Waals surface area contributed by atoms with Gasteiger partial charge in [0.2, 0.25) is 0 Å². The minimum Gasteiger partial charge on any atom is -0.399 e. The van der Waals surface area contributed by atoms with Crippen LogP contribution in [0, 0.1) is 5.92 Å². The van der Waals surface area contributed by atoms with E-state index >= 15 is 0 Å². The van der Waals surface area contributed by atoms with Crippen LogP contribution in [0.3, 0.4) is 0 Å². The largest absolute Gasteiger partial charge is 0.399 e. The Bertz CT molecular complexity index is 226. The molecule has 1 atom stereocenters.